The standard InChI is InChI=1S/C22H20N6O3S2/c1-13(28-15-8-4-5-9-16(15)31-11-19(28)30)20-25-26-22(27(20)2)32-12-18(29)24-21-23-14-7-3-6-10-17(14)33-21/h3-10,13H,11-12H2,1-2H3,(H,23,24,29)/t13-/m0/s1. The van der Waals surface area contributed by atoms with Crippen molar-refractivity contribution in [3.8, 4) is 5.75 Å². The first-order valence-electron chi connectivity index (χ1n) is 10.2. The molecule has 2 aromatic carbocycles. The maximum atomic E-state index is 12.6. The molecule has 3 heterocycles. The number of rotatable bonds is 6. The number of nitrogens with one attached hydrogen (secondary N) is 1. The number of benzene rings is 2. The zero-order valence-electron chi connectivity index (χ0n) is 17.9. The van der Waals surface area contributed by atoms with Crippen molar-refractivity contribution in [3.05, 3.63) is 54.4 Å². The van der Waals surface area contributed by atoms with Gasteiger partial charge in [0.15, 0.2) is 22.7 Å². The number of para-hydroxylation sites is 3. The van der Waals surface area contributed by atoms with Gasteiger partial charge >= 0.3 is 0 Å². The van der Waals surface area contributed by atoms with Gasteiger partial charge in [0.05, 0.1) is 27.7 Å². The van der Waals surface area contributed by atoms with Gasteiger partial charge in [-0.3, -0.25) is 14.5 Å². The third kappa shape index (κ3) is 4.16. The van der Waals surface area contributed by atoms with E-state index in [2.05, 4.69) is 20.5 Å². The van der Waals surface area contributed by atoms with Crippen LogP contribution in [0.3, 0.4) is 0 Å². The third-order valence-electron chi connectivity index (χ3n) is 5.25. The summed E-state index contributed by atoms with van der Waals surface area (Å²) in [4.78, 5) is 31.2. The second kappa shape index (κ2) is 8.83. The largest absolute Gasteiger partial charge is 0.482 e. The van der Waals surface area contributed by atoms with Crippen LogP contribution in [-0.2, 0) is 16.6 Å². The summed E-state index contributed by atoms with van der Waals surface area (Å²) < 4.78 is 8.36. The van der Waals surface area contributed by atoms with Crippen molar-refractivity contribution in [1.82, 2.24) is 19.7 Å². The quantitative estimate of drug-likeness (QED) is 0.420. The van der Waals surface area contributed by atoms with Gasteiger partial charge in [-0.15, -0.1) is 10.2 Å². The van der Waals surface area contributed by atoms with Gasteiger partial charge in [-0.05, 0) is 31.2 Å². The van der Waals surface area contributed by atoms with Crippen LogP contribution in [0.4, 0.5) is 10.8 Å². The Morgan fingerprint density at radius 1 is 1.21 bits per heavy atom. The van der Waals surface area contributed by atoms with Crippen molar-refractivity contribution < 1.29 is 14.3 Å². The predicted molar refractivity (Wildman–Crippen MR) is 128 cm³/mol. The van der Waals surface area contributed by atoms with Gasteiger partial charge in [-0.25, -0.2) is 4.98 Å². The highest BCUT2D eigenvalue weighted by Crippen LogP contribution is 2.37. The molecular formula is C22H20N6O3S2. The van der Waals surface area contributed by atoms with Gasteiger partial charge in [-0.2, -0.15) is 0 Å². The predicted octanol–water partition coefficient (Wildman–Crippen LogP) is 3.64. The van der Waals surface area contributed by atoms with Gasteiger partial charge in [-0.1, -0.05) is 47.4 Å². The van der Waals surface area contributed by atoms with Crippen LogP contribution in [0.1, 0.15) is 18.8 Å². The Morgan fingerprint density at radius 2 is 2.00 bits per heavy atom. The molecule has 2 aromatic heterocycles. The minimum atomic E-state index is -0.356. The highest BCUT2D eigenvalue weighted by Gasteiger charge is 2.32. The number of thiazole rings is 1. The minimum Gasteiger partial charge on any atom is -0.482 e. The number of hydrogen-bond acceptors (Lipinski definition) is 8. The third-order valence-corrected chi connectivity index (χ3v) is 7.22. The van der Waals surface area contributed by atoms with Crippen LogP contribution in [-0.4, -0.2) is 43.9 Å². The van der Waals surface area contributed by atoms with Crippen LogP contribution in [0.5, 0.6) is 5.75 Å². The Morgan fingerprint density at radius 3 is 2.85 bits per heavy atom. The fourth-order valence-electron chi connectivity index (χ4n) is 3.69. The van der Waals surface area contributed by atoms with Crippen LogP contribution in [0, 0.1) is 0 Å². The molecule has 0 saturated heterocycles. The lowest BCUT2D eigenvalue weighted by atomic mass is 10.1. The van der Waals surface area contributed by atoms with Gasteiger partial charge < -0.3 is 14.6 Å². The molecule has 11 heteroatoms. The summed E-state index contributed by atoms with van der Waals surface area (Å²) in [6.45, 7) is 1.88. The van der Waals surface area contributed by atoms with Crippen LogP contribution >= 0.6 is 23.1 Å². The molecule has 9 nitrogen and oxygen atoms in total. The summed E-state index contributed by atoms with van der Waals surface area (Å²) in [6, 6.07) is 14.8. The number of nitrogens with zero attached hydrogens (tertiary/aromatic N) is 5. The number of hydrogen-bond donors (Lipinski definition) is 1. The van der Waals surface area contributed by atoms with E-state index in [0.29, 0.717) is 27.5 Å². The van der Waals surface area contributed by atoms with E-state index in [0.717, 1.165) is 10.2 Å². The Bertz CT molecular complexity index is 1320. The second-order valence-corrected chi connectivity index (χ2v) is 9.39. The molecule has 0 bridgehead atoms. The number of carbonyl (C=O) groups excluding carboxylic acids is 2. The van der Waals surface area contributed by atoms with Crippen molar-refractivity contribution in [1.29, 1.82) is 0 Å². The fourth-order valence-corrected chi connectivity index (χ4v) is 5.29. The Balaban J connectivity index is 1.27. The molecule has 0 unspecified atom stereocenters. The van der Waals surface area contributed by atoms with E-state index in [-0.39, 0.29) is 30.2 Å². The number of aromatic nitrogens is 4. The van der Waals surface area contributed by atoms with Crippen LogP contribution in [0.2, 0.25) is 0 Å². The summed E-state index contributed by atoms with van der Waals surface area (Å²) in [7, 11) is 1.83. The molecule has 1 atom stereocenters. The monoisotopic (exact) mass is 480 g/mol. The molecule has 0 saturated carbocycles. The molecular weight excluding hydrogens is 460 g/mol. The fraction of sp³-hybridized carbons (Fsp3) is 0.227. The number of thioether (sulfide) groups is 1. The molecule has 0 radical (unpaired) electrons. The van der Waals surface area contributed by atoms with Crippen molar-refractivity contribution in [2.45, 2.75) is 18.1 Å². The molecule has 2 amide bonds. The van der Waals surface area contributed by atoms with Crippen molar-refractivity contribution >= 4 is 55.9 Å². The highest BCUT2D eigenvalue weighted by molar-refractivity contribution is 7.99. The summed E-state index contributed by atoms with van der Waals surface area (Å²) in [5.74, 6) is 1.12. The summed E-state index contributed by atoms with van der Waals surface area (Å²) in [6.07, 6.45) is 0. The van der Waals surface area contributed by atoms with Crippen molar-refractivity contribution in [3.63, 3.8) is 0 Å². The summed E-state index contributed by atoms with van der Waals surface area (Å²) >= 11 is 2.71. The van der Waals surface area contributed by atoms with Crippen LogP contribution in [0.15, 0.2) is 53.7 Å². The zero-order chi connectivity index (χ0) is 22.9. The first-order chi connectivity index (χ1) is 16.0. The average Bonchev–Trinajstić information content (AvgIpc) is 3.39. The number of carbonyl (C=O) groups is 2. The normalized spacial score (nSPS) is 14.1. The average molecular weight is 481 g/mol. The molecule has 5 rings (SSSR count). The van der Waals surface area contributed by atoms with Gasteiger partial charge in [0.25, 0.3) is 5.91 Å². The van der Waals surface area contributed by atoms with Gasteiger partial charge in [0.2, 0.25) is 5.91 Å². The summed E-state index contributed by atoms with van der Waals surface area (Å²) in [5.41, 5.74) is 1.56. The van der Waals surface area contributed by atoms with Gasteiger partial charge in [0, 0.05) is 7.05 Å². The molecule has 168 valence electrons. The summed E-state index contributed by atoms with van der Waals surface area (Å²) in [5, 5.41) is 12.5. The zero-order valence-corrected chi connectivity index (χ0v) is 19.5. The van der Waals surface area contributed by atoms with E-state index in [1.165, 1.54) is 23.1 Å². The smallest absolute Gasteiger partial charge is 0.265 e. The highest BCUT2D eigenvalue weighted by atomic mass is 32.2. The van der Waals surface area contributed by atoms with E-state index >= 15 is 0 Å². The van der Waals surface area contributed by atoms with Gasteiger partial charge in [0.1, 0.15) is 5.75 Å². The lowest BCUT2D eigenvalue weighted by Gasteiger charge is -2.33. The van der Waals surface area contributed by atoms with E-state index in [1.807, 2.05) is 67.1 Å². The first-order valence-corrected chi connectivity index (χ1v) is 12.0. The lowest BCUT2D eigenvalue weighted by Crippen LogP contribution is -2.41. The van der Waals surface area contributed by atoms with Crippen LogP contribution in [0.25, 0.3) is 10.2 Å². The van der Waals surface area contributed by atoms with E-state index in [9.17, 15) is 9.59 Å². The molecule has 4 aromatic rings. The van der Waals surface area contributed by atoms with E-state index < -0.39 is 0 Å². The maximum Gasteiger partial charge on any atom is 0.265 e. The van der Waals surface area contributed by atoms with Crippen molar-refractivity contribution in [2.24, 2.45) is 7.05 Å². The number of amides is 2. The molecule has 0 aliphatic carbocycles. The molecule has 1 N–H and O–H groups in total. The maximum absolute atomic E-state index is 12.6. The molecule has 1 aliphatic heterocycles. The number of fused-ring (bicyclic) bond motifs is 2. The minimum absolute atomic E-state index is 0.0211. The topological polar surface area (TPSA) is 102 Å². The SMILES string of the molecule is C[C@@H](c1nnc(SCC(=O)Nc2nc3ccccc3s2)n1C)N1C(=O)COc2ccccc21. The lowest BCUT2D eigenvalue weighted by molar-refractivity contribution is -0.121. The van der Waals surface area contributed by atoms with E-state index in [4.69, 9.17) is 4.74 Å². The molecule has 0 fully saturated rings. The molecule has 0 spiro atoms. The Kier molecular flexibility index (Phi) is 5.73. The Hall–Kier alpha value is -3.44. The van der Waals surface area contributed by atoms with Crippen molar-refractivity contribution in [2.75, 3.05) is 22.6 Å². The second-order valence-electron chi connectivity index (χ2n) is 7.42. The Labute approximate surface area is 197 Å². The first kappa shape index (κ1) is 21.4. The van der Waals surface area contributed by atoms with E-state index in [1.54, 1.807) is 4.90 Å². The molecule has 33 heavy (non-hydrogen) atoms. The number of ether oxygens (including phenoxy) is 1. The number of anilines is 2. The molecule has 1 aliphatic rings. The van der Waals surface area contributed by atoms with Crippen LogP contribution < -0.4 is 15.0 Å².